The summed E-state index contributed by atoms with van der Waals surface area (Å²) in [5.41, 5.74) is 2.25. The minimum absolute atomic E-state index is 0.0531. The summed E-state index contributed by atoms with van der Waals surface area (Å²) in [5.74, 6) is 0.553. The van der Waals surface area contributed by atoms with Crippen LogP contribution in [0.1, 0.15) is 26.3 Å². The van der Waals surface area contributed by atoms with Crippen LogP contribution in [0.3, 0.4) is 0 Å². The van der Waals surface area contributed by atoms with Gasteiger partial charge >= 0.3 is 0 Å². The largest absolute Gasteiger partial charge is 0.411 e. The van der Waals surface area contributed by atoms with Crippen molar-refractivity contribution in [3.05, 3.63) is 34.6 Å². The normalized spacial score (nSPS) is 11.8. The fraction of sp³-hybridized carbons (Fsp3) is 0.333. The van der Waals surface area contributed by atoms with Crippen LogP contribution in [-0.4, -0.2) is 10.2 Å². The van der Waals surface area contributed by atoms with Crippen molar-refractivity contribution in [1.29, 1.82) is 0 Å². The van der Waals surface area contributed by atoms with Crippen molar-refractivity contribution in [3.63, 3.8) is 0 Å². The molecule has 0 aliphatic carbocycles. The van der Waals surface area contributed by atoms with E-state index in [9.17, 15) is 0 Å². The van der Waals surface area contributed by atoms with Crippen LogP contribution in [0.4, 0.5) is 0 Å². The quantitative estimate of drug-likeness (QED) is 0.798. The fourth-order valence-corrected chi connectivity index (χ4v) is 1.87. The van der Waals surface area contributed by atoms with Crippen molar-refractivity contribution < 1.29 is 4.42 Å². The van der Waals surface area contributed by atoms with Crippen molar-refractivity contribution in [3.8, 4) is 11.5 Å². The Bertz CT molecular complexity index is 500. The van der Waals surface area contributed by atoms with E-state index in [0.29, 0.717) is 10.7 Å². The van der Waals surface area contributed by atoms with Gasteiger partial charge in [-0.15, -0.1) is 10.2 Å². The van der Waals surface area contributed by atoms with E-state index in [1.807, 2.05) is 18.2 Å². The first-order valence-corrected chi connectivity index (χ1v) is 5.86. The standard InChI is InChI=1S/C12H13BrN2O/c1-12(2,3)9-7-5-4-6-8(9)10-14-15-11(13)16-10/h4-7H,1-3H3. The van der Waals surface area contributed by atoms with E-state index in [2.05, 4.69) is 53.0 Å². The van der Waals surface area contributed by atoms with Crippen LogP contribution in [0.2, 0.25) is 0 Å². The predicted molar refractivity (Wildman–Crippen MR) is 66.1 cm³/mol. The molecule has 0 spiro atoms. The highest BCUT2D eigenvalue weighted by Gasteiger charge is 2.20. The number of halogens is 1. The third kappa shape index (κ3) is 2.16. The van der Waals surface area contributed by atoms with Crippen LogP contribution in [0.25, 0.3) is 11.5 Å². The predicted octanol–water partition coefficient (Wildman–Crippen LogP) is 3.80. The summed E-state index contributed by atoms with van der Waals surface area (Å²) >= 11 is 3.16. The fourth-order valence-electron chi connectivity index (χ4n) is 1.64. The van der Waals surface area contributed by atoms with Gasteiger partial charge in [-0.3, -0.25) is 0 Å². The lowest BCUT2D eigenvalue weighted by molar-refractivity contribution is 0.534. The molecular weight excluding hydrogens is 268 g/mol. The van der Waals surface area contributed by atoms with E-state index < -0.39 is 0 Å². The molecule has 84 valence electrons. The number of benzene rings is 1. The number of aromatic nitrogens is 2. The van der Waals surface area contributed by atoms with Gasteiger partial charge in [0.2, 0.25) is 5.89 Å². The molecule has 0 amide bonds. The van der Waals surface area contributed by atoms with Crippen LogP contribution in [0.5, 0.6) is 0 Å². The molecule has 0 fully saturated rings. The summed E-state index contributed by atoms with van der Waals surface area (Å²) in [7, 11) is 0. The molecule has 0 radical (unpaired) electrons. The summed E-state index contributed by atoms with van der Waals surface area (Å²) < 4.78 is 5.40. The molecule has 0 atom stereocenters. The van der Waals surface area contributed by atoms with Gasteiger partial charge in [0.25, 0.3) is 4.80 Å². The Balaban J connectivity index is 2.57. The number of hydrogen-bond acceptors (Lipinski definition) is 3. The first-order chi connectivity index (χ1) is 7.48. The van der Waals surface area contributed by atoms with E-state index in [0.717, 1.165) is 5.56 Å². The van der Waals surface area contributed by atoms with Gasteiger partial charge in [-0.25, -0.2) is 0 Å². The second kappa shape index (κ2) is 4.01. The van der Waals surface area contributed by atoms with E-state index in [1.54, 1.807) is 0 Å². The van der Waals surface area contributed by atoms with E-state index in [1.165, 1.54) is 5.56 Å². The van der Waals surface area contributed by atoms with Crippen molar-refractivity contribution in [2.75, 3.05) is 0 Å². The summed E-state index contributed by atoms with van der Waals surface area (Å²) in [5, 5.41) is 7.81. The number of rotatable bonds is 1. The van der Waals surface area contributed by atoms with E-state index in [4.69, 9.17) is 4.42 Å². The average molecular weight is 281 g/mol. The van der Waals surface area contributed by atoms with Crippen LogP contribution < -0.4 is 0 Å². The Morgan fingerprint density at radius 2 is 1.81 bits per heavy atom. The van der Waals surface area contributed by atoms with Crippen molar-refractivity contribution in [2.24, 2.45) is 0 Å². The number of nitrogens with zero attached hydrogens (tertiary/aromatic N) is 2. The Morgan fingerprint density at radius 3 is 2.38 bits per heavy atom. The van der Waals surface area contributed by atoms with Gasteiger partial charge in [0.15, 0.2) is 0 Å². The zero-order chi connectivity index (χ0) is 11.8. The minimum atomic E-state index is 0.0531. The minimum Gasteiger partial charge on any atom is -0.411 e. The smallest absolute Gasteiger partial charge is 0.285 e. The number of hydrogen-bond donors (Lipinski definition) is 0. The lowest BCUT2D eigenvalue weighted by Crippen LogP contribution is -2.12. The third-order valence-electron chi connectivity index (χ3n) is 2.37. The molecule has 0 aliphatic rings. The molecular formula is C12H13BrN2O. The van der Waals surface area contributed by atoms with E-state index in [-0.39, 0.29) is 5.41 Å². The molecule has 1 aromatic carbocycles. The van der Waals surface area contributed by atoms with Crippen LogP contribution in [-0.2, 0) is 5.41 Å². The van der Waals surface area contributed by atoms with E-state index >= 15 is 0 Å². The summed E-state index contributed by atoms with van der Waals surface area (Å²) in [4.78, 5) is 0.409. The molecule has 0 N–H and O–H groups in total. The maximum absolute atomic E-state index is 5.40. The monoisotopic (exact) mass is 280 g/mol. The Hall–Kier alpha value is -1.16. The van der Waals surface area contributed by atoms with Gasteiger partial charge in [-0.1, -0.05) is 39.0 Å². The molecule has 0 saturated heterocycles. The van der Waals surface area contributed by atoms with Gasteiger partial charge in [-0.05, 0) is 17.0 Å². The molecule has 16 heavy (non-hydrogen) atoms. The van der Waals surface area contributed by atoms with Crippen LogP contribution >= 0.6 is 15.9 Å². The maximum atomic E-state index is 5.40. The van der Waals surface area contributed by atoms with Crippen molar-refractivity contribution in [1.82, 2.24) is 10.2 Å². The van der Waals surface area contributed by atoms with Gasteiger partial charge in [0.1, 0.15) is 0 Å². The molecule has 1 aromatic heterocycles. The Morgan fingerprint density at radius 1 is 1.12 bits per heavy atom. The van der Waals surface area contributed by atoms with Gasteiger partial charge in [0, 0.05) is 21.5 Å². The van der Waals surface area contributed by atoms with Crippen molar-refractivity contribution >= 4 is 15.9 Å². The molecule has 1 heterocycles. The highest BCUT2D eigenvalue weighted by Crippen LogP contribution is 2.32. The second-order valence-electron chi connectivity index (χ2n) is 4.66. The van der Waals surface area contributed by atoms with Crippen LogP contribution in [0, 0.1) is 0 Å². The first kappa shape index (κ1) is 11.3. The molecule has 2 aromatic rings. The van der Waals surface area contributed by atoms with Gasteiger partial charge in [0.05, 0.1) is 0 Å². The van der Waals surface area contributed by atoms with Gasteiger partial charge < -0.3 is 4.42 Å². The summed E-state index contributed by atoms with van der Waals surface area (Å²) in [6.45, 7) is 6.49. The zero-order valence-electron chi connectivity index (χ0n) is 9.49. The highest BCUT2D eigenvalue weighted by molar-refractivity contribution is 9.10. The SMILES string of the molecule is CC(C)(C)c1ccccc1-c1nnc(Br)o1. The molecule has 3 nitrogen and oxygen atoms in total. The molecule has 0 bridgehead atoms. The molecule has 0 unspecified atom stereocenters. The second-order valence-corrected chi connectivity index (χ2v) is 5.33. The first-order valence-electron chi connectivity index (χ1n) is 5.07. The van der Waals surface area contributed by atoms with Crippen molar-refractivity contribution in [2.45, 2.75) is 26.2 Å². The van der Waals surface area contributed by atoms with Crippen LogP contribution in [0.15, 0.2) is 33.5 Å². The highest BCUT2D eigenvalue weighted by atomic mass is 79.9. The molecule has 0 saturated carbocycles. The zero-order valence-corrected chi connectivity index (χ0v) is 11.1. The summed E-state index contributed by atoms with van der Waals surface area (Å²) in [6, 6.07) is 8.09. The lowest BCUT2D eigenvalue weighted by atomic mass is 9.84. The topological polar surface area (TPSA) is 38.9 Å². The van der Waals surface area contributed by atoms with Gasteiger partial charge in [-0.2, -0.15) is 0 Å². The Kier molecular flexibility index (Phi) is 2.84. The lowest BCUT2D eigenvalue weighted by Gasteiger charge is -2.21. The average Bonchev–Trinajstić information content (AvgIpc) is 2.64. The summed E-state index contributed by atoms with van der Waals surface area (Å²) in [6.07, 6.45) is 0. The Labute approximate surface area is 103 Å². The molecule has 2 rings (SSSR count). The third-order valence-corrected chi connectivity index (χ3v) is 2.69. The maximum Gasteiger partial charge on any atom is 0.285 e. The molecule has 4 heteroatoms. The molecule has 0 aliphatic heterocycles.